The minimum Gasteiger partial charge on any atom is -0.462 e. The molecule has 2 N–H and O–H groups in total. The van der Waals surface area contributed by atoms with Crippen LogP contribution in [0.3, 0.4) is 0 Å². The van der Waals surface area contributed by atoms with E-state index in [1.165, 1.54) is 11.3 Å². The van der Waals surface area contributed by atoms with E-state index in [1.54, 1.807) is 31.2 Å². The first-order valence-electron chi connectivity index (χ1n) is 8.33. The molecule has 0 spiro atoms. The number of hydrogen-bond acceptors (Lipinski definition) is 6. The van der Waals surface area contributed by atoms with Crippen LogP contribution < -0.4 is 10.6 Å². The van der Waals surface area contributed by atoms with Gasteiger partial charge in [-0.3, -0.25) is 4.79 Å². The molecule has 1 heterocycles. The lowest BCUT2D eigenvalue weighted by Gasteiger charge is -2.09. The molecule has 0 fully saturated rings. The Morgan fingerprint density at radius 3 is 2.73 bits per heavy atom. The van der Waals surface area contributed by atoms with E-state index in [0.29, 0.717) is 28.2 Å². The van der Waals surface area contributed by atoms with Gasteiger partial charge in [0, 0.05) is 10.6 Å². The van der Waals surface area contributed by atoms with Crippen molar-refractivity contribution in [3.63, 3.8) is 0 Å². The molecule has 2 aromatic rings. The zero-order chi connectivity index (χ0) is 19.1. The van der Waals surface area contributed by atoms with E-state index in [9.17, 15) is 9.59 Å². The Kier molecular flexibility index (Phi) is 6.75. The highest BCUT2D eigenvalue weighted by molar-refractivity contribution is 7.16. The molecule has 0 atom stereocenters. The van der Waals surface area contributed by atoms with Gasteiger partial charge in [-0.05, 0) is 44.0 Å². The van der Waals surface area contributed by atoms with E-state index in [4.69, 9.17) is 10.00 Å². The van der Waals surface area contributed by atoms with Gasteiger partial charge in [-0.25, -0.2) is 4.79 Å². The summed E-state index contributed by atoms with van der Waals surface area (Å²) in [4.78, 5) is 25.6. The number of nitriles is 1. The lowest BCUT2D eigenvalue weighted by Crippen LogP contribution is -2.22. The summed E-state index contributed by atoms with van der Waals surface area (Å²) in [6, 6.07) is 8.94. The summed E-state index contributed by atoms with van der Waals surface area (Å²) < 4.78 is 5.13. The molecule has 0 aliphatic carbocycles. The Morgan fingerprint density at radius 1 is 1.31 bits per heavy atom. The van der Waals surface area contributed by atoms with Crippen molar-refractivity contribution in [3.8, 4) is 6.07 Å². The summed E-state index contributed by atoms with van der Waals surface area (Å²) in [5.74, 6) is -0.694. The van der Waals surface area contributed by atoms with Crippen molar-refractivity contribution in [2.24, 2.45) is 0 Å². The molecule has 26 heavy (non-hydrogen) atoms. The van der Waals surface area contributed by atoms with Gasteiger partial charge in [0.2, 0.25) is 5.91 Å². The lowest BCUT2D eigenvalue weighted by molar-refractivity contribution is -0.114. The number of aryl methyl sites for hydroxylation is 1. The maximum absolute atomic E-state index is 12.3. The first kappa shape index (κ1) is 19.5. The maximum Gasteiger partial charge on any atom is 0.341 e. The molecule has 6 nitrogen and oxygen atoms in total. The molecule has 1 amide bonds. The number of hydrogen-bond donors (Lipinski definition) is 2. The molecule has 0 bridgehead atoms. The fraction of sp³-hybridized carbons (Fsp3) is 0.316. The lowest BCUT2D eigenvalue weighted by atomic mass is 10.1. The maximum atomic E-state index is 12.3. The summed E-state index contributed by atoms with van der Waals surface area (Å²) in [7, 11) is 0. The monoisotopic (exact) mass is 371 g/mol. The number of carbonyl (C=O) groups is 2. The van der Waals surface area contributed by atoms with Gasteiger partial charge < -0.3 is 15.4 Å². The van der Waals surface area contributed by atoms with Gasteiger partial charge in [-0.1, -0.05) is 13.0 Å². The molecule has 0 saturated carbocycles. The standard InChI is InChI=1S/C19H21N3O3S/c1-4-15-12(3)26-18(17(15)19(24)25-5-2)22-16(23)11-21-14-8-6-7-13(9-14)10-20/h6-9,21H,4-5,11H2,1-3H3,(H,22,23). The number of nitrogens with zero attached hydrogens (tertiary/aromatic N) is 1. The summed E-state index contributed by atoms with van der Waals surface area (Å²) in [6.45, 7) is 5.94. The Hall–Kier alpha value is -2.85. The van der Waals surface area contributed by atoms with Crippen LogP contribution in [0.15, 0.2) is 24.3 Å². The quantitative estimate of drug-likeness (QED) is 0.724. The summed E-state index contributed by atoms with van der Waals surface area (Å²) in [5, 5.41) is 15.2. The third kappa shape index (κ3) is 4.61. The van der Waals surface area contributed by atoms with Crippen LogP contribution in [-0.2, 0) is 16.0 Å². The highest BCUT2D eigenvalue weighted by Gasteiger charge is 2.23. The molecular weight excluding hydrogens is 350 g/mol. The van der Waals surface area contributed by atoms with E-state index in [0.717, 1.165) is 10.4 Å². The Morgan fingerprint density at radius 2 is 2.08 bits per heavy atom. The summed E-state index contributed by atoms with van der Waals surface area (Å²) in [6.07, 6.45) is 0.686. The number of nitrogens with one attached hydrogen (secondary N) is 2. The van der Waals surface area contributed by atoms with Gasteiger partial charge >= 0.3 is 5.97 Å². The zero-order valence-electron chi connectivity index (χ0n) is 15.0. The molecule has 136 valence electrons. The van der Waals surface area contributed by atoms with Crippen LogP contribution in [0.4, 0.5) is 10.7 Å². The second-order valence-corrected chi connectivity index (χ2v) is 6.73. The second kappa shape index (κ2) is 9.02. The molecular formula is C19H21N3O3S. The Bertz CT molecular complexity index is 852. The van der Waals surface area contributed by atoms with E-state index in [2.05, 4.69) is 16.7 Å². The second-order valence-electron chi connectivity index (χ2n) is 5.51. The summed E-state index contributed by atoms with van der Waals surface area (Å²) >= 11 is 1.37. The average Bonchev–Trinajstić information content (AvgIpc) is 2.95. The van der Waals surface area contributed by atoms with Gasteiger partial charge in [0.25, 0.3) is 0 Å². The molecule has 0 aliphatic heterocycles. The third-order valence-corrected chi connectivity index (χ3v) is 4.80. The largest absolute Gasteiger partial charge is 0.462 e. The number of amides is 1. The number of rotatable bonds is 7. The predicted molar refractivity (Wildman–Crippen MR) is 103 cm³/mol. The minimum absolute atomic E-state index is 0.0234. The van der Waals surface area contributed by atoms with E-state index >= 15 is 0 Å². The van der Waals surface area contributed by atoms with Crippen LogP contribution in [-0.4, -0.2) is 25.0 Å². The molecule has 1 aromatic carbocycles. The van der Waals surface area contributed by atoms with Gasteiger partial charge in [0.05, 0.1) is 30.3 Å². The third-order valence-electron chi connectivity index (χ3n) is 3.74. The first-order valence-corrected chi connectivity index (χ1v) is 9.15. The molecule has 0 aliphatic rings. The normalized spacial score (nSPS) is 10.1. The van der Waals surface area contributed by atoms with Crippen LogP contribution in [0.5, 0.6) is 0 Å². The number of ether oxygens (including phenoxy) is 1. The molecule has 0 unspecified atom stereocenters. The Balaban J connectivity index is 2.11. The highest BCUT2D eigenvalue weighted by Crippen LogP contribution is 2.34. The molecule has 1 aromatic heterocycles. The molecule has 2 rings (SSSR count). The van der Waals surface area contributed by atoms with E-state index in [1.807, 2.05) is 13.8 Å². The van der Waals surface area contributed by atoms with Crippen LogP contribution in [0.2, 0.25) is 0 Å². The van der Waals surface area contributed by atoms with Gasteiger partial charge in [-0.2, -0.15) is 5.26 Å². The van der Waals surface area contributed by atoms with Crippen LogP contribution in [0, 0.1) is 18.3 Å². The number of thiophene rings is 1. The van der Waals surface area contributed by atoms with Crippen molar-refractivity contribution < 1.29 is 14.3 Å². The van der Waals surface area contributed by atoms with Gasteiger partial charge in [0.1, 0.15) is 5.00 Å². The van der Waals surface area contributed by atoms with Crippen molar-refractivity contribution >= 4 is 33.9 Å². The fourth-order valence-corrected chi connectivity index (χ4v) is 3.71. The van der Waals surface area contributed by atoms with Crippen molar-refractivity contribution in [1.29, 1.82) is 5.26 Å². The van der Waals surface area contributed by atoms with Crippen LogP contribution in [0.1, 0.15) is 40.2 Å². The van der Waals surface area contributed by atoms with Crippen molar-refractivity contribution in [2.45, 2.75) is 27.2 Å². The fourth-order valence-electron chi connectivity index (χ4n) is 2.56. The summed E-state index contributed by atoms with van der Waals surface area (Å²) in [5.41, 5.74) is 2.54. The van der Waals surface area contributed by atoms with Crippen LogP contribution in [0.25, 0.3) is 0 Å². The van der Waals surface area contributed by atoms with Crippen molar-refractivity contribution in [1.82, 2.24) is 0 Å². The van der Waals surface area contributed by atoms with Gasteiger partial charge in [-0.15, -0.1) is 11.3 Å². The van der Waals surface area contributed by atoms with Crippen molar-refractivity contribution in [2.75, 3.05) is 23.8 Å². The van der Waals surface area contributed by atoms with E-state index < -0.39 is 5.97 Å². The molecule has 0 radical (unpaired) electrons. The van der Waals surface area contributed by atoms with Gasteiger partial charge in [0.15, 0.2) is 0 Å². The van der Waals surface area contributed by atoms with E-state index in [-0.39, 0.29) is 19.1 Å². The molecule has 7 heteroatoms. The zero-order valence-corrected chi connectivity index (χ0v) is 15.8. The minimum atomic E-state index is -0.418. The topological polar surface area (TPSA) is 91.2 Å². The smallest absolute Gasteiger partial charge is 0.341 e. The number of carbonyl (C=O) groups excluding carboxylic acids is 2. The SMILES string of the molecule is CCOC(=O)c1c(NC(=O)CNc2cccc(C#N)c2)sc(C)c1CC. The number of anilines is 2. The van der Waals surface area contributed by atoms with Crippen LogP contribution >= 0.6 is 11.3 Å². The number of benzene rings is 1. The highest BCUT2D eigenvalue weighted by atomic mass is 32.1. The Labute approximate surface area is 156 Å². The molecule has 0 saturated heterocycles. The van der Waals surface area contributed by atoms with Crippen molar-refractivity contribution in [3.05, 3.63) is 45.8 Å². The average molecular weight is 371 g/mol. The first-order chi connectivity index (χ1) is 12.5. The number of esters is 1. The predicted octanol–water partition coefficient (Wildman–Crippen LogP) is 3.72.